The van der Waals surface area contributed by atoms with E-state index in [0.717, 1.165) is 5.56 Å². The van der Waals surface area contributed by atoms with E-state index in [-0.39, 0.29) is 12.5 Å². The largest absolute Gasteiger partial charge is 0.398 e. The summed E-state index contributed by atoms with van der Waals surface area (Å²) in [7, 11) is 0. The monoisotopic (exact) mass is 334 g/mol. The Hall–Kier alpha value is -1.85. The molecule has 0 heterocycles. The zero-order valence-corrected chi connectivity index (χ0v) is 12.3. The quantitative estimate of drug-likeness (QED) is 0.752. The Kier molecular flexibility index (Phi) is 4.76. The van der Waals surface area contributed by atoms with Gasteiger partial charge in [-0.05, 0) is 33.6 Å². The van der Waals surface area contributed by atoms with Crippen LogP contribution in [0.5, 0.6) is 0 Å². The van der Waals surface area contributed by atoms with Gasteiger partial charge >= 0.3 is 0 Å². The molecular formula is C15H15BrN2O2. The third-order valence-electron chi connectivity index (χ3n) is 2.91. The first-order valence-corrected chi connectivity index (χ1v) is 6.94. The van der Waals surface area contributed by atoms with Gasteiger partial charge in [-0.25, -0.2) is 0 Å². The molecule has 4 N–H and O–H groups in total. The summed E-state index contributed by atoms with van der Waals surface area (Å²) in [5.74, 6) is -0.279. The molecule has 1 unspecified atom stereocenters. The minimum Gasteiger partial charge on any atom is -0.398 e. The Morgan fingerprint density at radius 2 is 1.90 bits per heavy atom. The second kappa shape index (κ2) is 6.54. The molecule has 2 aromatic rings. The van der Waals surface area contributed by atoms with E-state index >= 15 is 0 Å². The van der Waals surface area contributed by atoms with E-state index in [1.54, 1.807) is 18.2 Å². The smallest absolute Gasteiger partial charge is 0.252 e. The van der Waals surface area contributed by atoms with Crippen molar-refractivity contribution < 1.29 is 9.90 Å². The number of carbonyl (C=O) groups excluding carboxylic acids is 1. The lowest BCUT2D eigenvalue weighted by atomic mass is 10.1. The zero-order chi connectivity index (χ0) is 14.5. The molecule has 0 aliphatic heterocycles. The van der Waals surface area contributed by atoms with Gasteiger partial charge < -0.3 is 16.2 Å². The first kappa shape index (κ1) is 14.6. The number of aliphatic hydroxyl groups is 1. The van der Waals surface area contributed by atoms with Gasteiger partial charge in [0, 0.05) is 12.2 Å². The number of hydrogen-bond acceptors (Lipinski definition) is 3. The minimum absolute atomic E-state index is 0.143. The Morgan fingerprint density at radius 1 is 1.20 bits per heavy atom. The van der Waals surface area contributed by atoms with Crippen LogP contribution in [0.2, 0.25) is 0 Å². The first-order valence-electron chi connectivity index (χ1n) is 6.15. The van der Waals surface area contributed by atoms with E-state index in [2.05, 4.69) is 21.2 Å². The molecule has 20 heavy (non-hydrogen) atoms. The van der Waals surface area contributed by atoms with Gasteiger partial charge in [-0.3, -0.25) is 4.79 Å². The van der Waals surface area contributed by atoms with Crippen LogP contribution in [0.1, 0.15) is 22.0 Å². The molecule has 0 spiro atoms. The average Bonchev–Trinajstić information content (AvgIpc) is 2.48. The van der Waals surface area contributed by atoms with Crippen molar-refractivity contribution in [2.75, 3.05) is 12.3 Å². The fourth-order valence-electron chi connectivity index (χ4n) is 1.80. The van der Waals surface area contributed by atoms with Gasteiger partial charge in [0.15, 0.2) is 0 Å². The molecule has 2 rings (SSSR count). The fraction of sp³-hybridized carbons (Fsp3) is 0.133. The van der Waals surface area contributed by atoms with Crippen molar-refractivity contribution in [1.82, 2.24) is 5.32 Å². The highest BCUT2D eigenvalue weighted by molar-refractivity contribution is 9.10. The molecule has 104 valence electrons. The highest BCUT2D eigenvalue weighted by Gasteiger charge is 2.13. The van der Waals surface area contributed by atoms with Crippen LogP contribution in [-0.4, -0.2) is 17.6 Å². The van der Waals surface area contributed by atoms with Crippen LogP contribution in [0, 0.1) is 0 Å². The minimum atomic E-state index is -0.736. The number of nitrogens with two attached hydrogens (primary N) is 1. The second-order valence-corrected chi connectivity index (χ2v) is 5.14. The standard InChI is InChI=1S/C15H15BrN2O2/c16-14-11(7-4-8-12(14)17)15(20)18-9-13(19)10-5-2-1-3-6-10/h1-8,13,19H,9,17H2,(H,18,20). The molecule has 1 atom stereocenters. The number of hydrogen-bond donors (Lipinski definition) is 3. The Morgan fingerprint density at radius 3 is 2.60 bits per heavy atom. The van der Waals surface area contributed by atoms with Crippen LogP contribution in [0.3, 0.4) is 0 Å². The molecule has 1 amide bonds. The van der Waals surface area contributed by atoms with Crippen molar-refractivity contribution in [2.45, 2.75) is 6.10 Å². The summed E-state index contributed by atoms with van der Waals surface area (Å²) in [5, 5.41) is 12.7. The molecule has 0 bridgehead atoms. The highest BCUT2D eigenvalue weighted by Crippen LogP contribution is 2.23. The molecule has 0 saturated carbocycles. The van der Waals surface area contributed by atoms with Crippen LogP contribution < -0.4 is 11.1 Å². The van der Waals surface area contributed by atoms with E-state index in [4.69, 9.17) is 5.73 Å². The third kappa shape index (κ3) is 3.37. The van der Waals surface area contributed by atoms with E-state index in [1.807, 2.05) is 30.3 Å². The normalized spacial score (nSPS) is 11.9. The predicted octanol–water partition coefficient (Wildman–Crippen LogP) is 2.49. The van der Waals surface area contributed by atoms with Crippen molar-refractivity contribution in [3.8, 4) is 0 Å². The van der Waals surface area contributed by atoms with Gasteiger partial charge in [-0.1, -0.05) is 36.4 Å². The molecule has 0 radical (unpaired) electrons. The maximum atomic E-state index is 12.0. The van der Waals surface area contributed by atoms with Gasteiger partial charge in [0.1, 0.15) is 0 Å². The summed E-state index contributed by atoms with van der Waals surface area (Å²) in [6, 6.07) is 14.3. The molecule has 4 nitrogen and oxygen atoms in total. The lowest BCUT2D eigenvalue weighted by Crippen LogP contribution is -2.28. The molecule has 2 aromatic carbocycles. The number of aliphatic hydroxyl groups excluding tert-OH is 1. The van der Waals surface area contributed by atoms with Crippen molar-refractivity contribution in [3.05, 3.63) is 64.1 Å². The summed E-state index contributed by atoms with van der Waals surface area (Å²) >= 11 is 3.28. The van der Waals surface area contributed by atoms with E-state index in [0.29, 0.717) is 15.7 Å². The maximum Gasteiger partial charge on any atom is 0.252 e. The Labute approximate surface area is 125 Å². The molecule has 5 heteroatoms. The Bertz CT molecular complexity index is 602. The van der Waals surface area contributed by atoms with Crippen molar-refractivity contribution in [1.29, 1.82) is 0 Å². The van der Waals surface area contributed by atoms with Crippen molar-refractivity contribution in [2.24, 2.45) is 0 Å². The van der Waals surface area contributed by atoms with Crippen LogP contribution in [0.4, 0.5) is 5.69 Å². The molecule has 0 fully saturated rings. The molecular weight excluding hydrogens is 320 g/mol. The number of benzene rings is 2. The van der Waals surface area contributed by atoms with E-state index in [9.17, 15) is 9.90 Å². The fourth-order valence-corrected chi connectivity index (χ4v) is 2.25. The third-order valence-corrected chi connectivity index (χ3v) is 3.80. The second-order valence-electron chi connectivity index (χ2n) is 4.35. The summed E-state index contributed by atoms with van der Waals surface area (Å²) in [6.07, 6.45) is -0.736. The summed E-state index contributed by atoms with van der Waals surface area (Å²) in [4.78, 5) is 12.0. The van der Waals surface area contributed by atoms with E-state index in [1.165, 1.54) is 0 Å². The maximum absolute atomic E-state index is 12.0. The lowest BCUT2D eigenvalue weighted by Gasteiger charge is -2.13. The summed E-state index contributed by atoms with van der Waals surface area (Å²) < 4.78 is 0.562. The summed E-state index contributed by atoms with van der Waals surface area (Å²) in [5.41, 5.74) is 7.44. The average molecular weight is 335 g/mol. The summed E-state index contributed by atoms with van der Waals surface area (Å²) in [6.45, 7) is 0.143. The molecule has 0 aliphatic rings. The SMILES string of the molecule is Nc1cccc(C(=O)NCC(O)c2ccccc2)c1Br. The number of amides is 1. The highest BCUT2D eigenvalue weighted by atomic mass is 79.9. The topological polar surface area (TPSA) is 75.4 Å². The lowest BCUT2D eigenvalue weighted by molar-refractivity contribution is 0.0915. The van der Waals surface area contributed by atoms with Gasteiger partial charge in [0.2, 0.25) is 0 Å². The molecule has 0 aliphatic carbocycles. The number of anilines is 1. The number of nitrogens with one attached hydrogen (secondary N) is 1. The molecule has 0 saturated heterocycles. The predicted molar refractivity (Wildman–Crippen MR) is 82.3 cm³/mol. The molecule has 0 aromatic heterocycles. The van der Waals surface area contributed by atoms with Gasteiger partial charge in [-0.15, -0.1) is 0 Å². The van der Waals surface area contributed by atoms with Crippen LogP contribution >= 0.6 is 15.9 Å². The number of carbonyl (C=O) groups is 1. The van der Waals surface area contributed by atoms with Crippen LogP contribution in [-0.2, 0) is 0 Å². The number of rotatable bonds is 4. The number of halogens is 1. The van der Waals surface area contributed by atoms with Gasteiger partial charge in [0.05, 0.1) is 16.1 Å². The number of nitrogen functional groups attached to an aromatic ring is 1. The first-order chi connectivity index (χ1) is 9.59. The Balaban J connectivity index is 2.01. The van der Waals surface area contributed by atoms with E-state index < -0.39 is 6.10 Å². The van der Waals surface area contributed by atoms with Gasteiger partial charge in [-0.2, -0.15) is 0 Å². The van der Waals surface area contributed by atoms with Crippen LogP contribution in [0.15, 0.2) is 53.0 Å². The zero-order valence-electron chi connectivity index (χ0n) is 10.7. The van der Waals surface area contributed by atoms with Crippen molar-refractivity contribution in [3.63, 3.8) is 0 Å². The van der Waals surface area contributed by atoms with Crippen LogP contribution in [0.25, 0.3) is 0 Å². The van der Waals surface area contributed by atoms with Gasteiger partial charge in [0.25, 0.3) is 5.91 Å². The van der Waals surface area contributed by atoms with Crippen molar-refractivity contribution >= 4 is 27.5 Å².